The molecule has 0 aromatic carbocycles. The Balaban J connectivity index is 3.79. The van der Waals surface area contributed by atoms with E-state index in [-0.39, 0.29) is -7.57 Å². The van der Waals surface area contributed by atoms with E-state index in [1.54, 1.807) is 6.92 Å². The van der Waals surface area contributed by atoms with E-state index in [1.165, 1.54) is 0 Å². The average Bonchev–Trinajstić information content (AvgIpc) is 1.31. The van der Waals surface area contributed by atoms with Crippen molar-refractivity contribution in [1.82, 2.24) is 0 Å². The van der Waals surface area contributed by atoms with Gasteiger partial charge in [0.2, 0.25) is 0 Å². The van der Waals surface area contributed by atoms with Gasteiger partial charge in [0.05, 0.1) is 0 Å². The molecule has 7 heavy (non-hydrogen) atoms. The molecule has 0 fully saturated rings. The molecule has 0 saturated heterocycles. The molecule has 0 radical (unpaired) electrons. The number of Topliss-reactive ketones (excluding diaryl/α,β-unsaturated/α-hetero) is 1. The summed E-state index contributed by atoms with van der Waals surface area (Å²) < 4.78 is 0.113. The van der Waals surface area contributed by atoms with Gasteiger partial charge in [-0.2, -0.15) is 0 Å². The Bertz CT molecular complexity index is 87.4. The zero-order valence-corrected chi connectivity index (χ0v) is 19.5. The summed E-state index contributed by atoms with van der Waals surface area (Å²) in [4.78, 5) is 10.5. The first kappa shape index (κ1) is 10.4. The predicted molar refractivity (Wildman–Crippen MR) is 29.5 cm³/mol. The second-order valence-corrected chi connectivity index (χ2v) is 47.0. The molecule has 0 bridgehead atoms. The van der Waals surface area contributed by atoms with Crippen LogP contribution in [0.2, 0.25) is 0 Å². The number of rotatable bonds is 1. The Morgan fingerprint density at radius 3 is 2.14 bits per heavy atom. The summed E-state index contributed by atoms with van der Waals surface area (Å²) in [6, 6.07) is 0. The van der Waals surface area contributed by atoms with Crippen LogP contribution >= 0.6 is 15.9 Å². The maximum atomic E-state index is 10.5. The van der Waals surface area contributed by atoms with Crippen LogP contribution in [-0.2, 0) is 4.79 Å². The van der Waals surface area contributed by atoms with E-state index < -0.39 is 0 Å². The standard InChI is InChI=1S/C3H3BrO.Ra.Rb.H/c1-3(5)2-4;;;/h1H3;;;. The SMILES string of the molecule is CC(=O)[C](Br)([Rb])[RaH]. The third-order valence-electron chi connectivity index (χ3n) is 0.837. The Hall–Kier alpha value is 3.42. The Morgan fingerprint density at radius 1 is 2.00 bits per heavy atom. The van der Waals surface area contributed by atoms with Crippen molar-refractivity contribution in [3.05, 3.63) is 0 Å². The summed E-state index contributed by atoms with van der Waals surface area (Å²) in [5.74, 6) is 0.355. The number of carbonyl (C=O) groups is 1. The Morgan fingerprint density at radius 2 is 2.14 bits per heavy atom. The predicted octanol–water partition coefficient (Wildman–Crippen LogP) is 0.0742. The molecule has 0 heterocycles. The van der Waals surface area contributed by atoms with Crippen molar-refractivity contribution in [1.29, 1.82) is 0 Å². The fourth-order valence-electron chi connectivity index (χ4n) is 0. The van der Waals surface area contributed by atoms with Crippen LogP contribution in [0.4, 0.5) is 0 Å². The molecule has 1 unspecified atom stereocenters. The van der Waals surface area contributed by atoms with Crippen LogP contribution in [0.25, 0.3) is 0 Å². The van der Waals surface area contributed by atoms with Crippen LogP contribution in [0.3, 0.4) is 0 Å². The Kier molecular flexibility index (Phi) is 6.45. The second kappa shape index (κ2) is 4.33. The van der Waals surface area contributed by atoms with E-state index in [2.05, 4.69) is 15.9 Å². The topological polar surface area (TPSA) is 17.1 Å². The summed E-state index contributed by atoms with van der Waals surface area (Å²) in [7, 11) is 0. The fourth-order valence-corrected chi connectivity index (χ4v) is 0. The molecule has 0 aliphatic rings. The third kappa shape index (κ3) is 5.85. The number of halogens is 1. The molecule has 0 aromatic heterocycles. The third-order valence-corrected chi connectivity index (χ3v) is 6.02. The first-order valence-corrected chi connectivity index (χ1v) is 9.50. The van der Waals surface area contributed by atoms with Gasteiger partial charge in [0.15, 0.2) is 0 Å². The van der Waals surface area contributed by atoms with Crippen LogP contribution in [0, 0.1) is 42.8 Å². The van der Waals surface area contributed by atoms with E-state index in [0.717, 1.165) is 0 Å². The van der Waals surface area contributed by atoms with Crippen LogP contribution in [0.15, 0.2) is 0 Å². The van der Waals surface area contributed by atoms with Crippen molar-refractivity contribution in [2.75, 3.05) is 0 Å². The number of hydrogen-bond donors (Lipinski definition) is 0. The molecule has 0 amide bonds. The van der Waals surface area contributed by atoms with Gasteiger partial charge in [0, 0.05) is 0 Å². The van der Waals surface area contributed by atoms with Crippen molar-refractivity contribution in [2.45, 2.75) is -0.642 Å². The monoisotopic (exact) mass is 446 g/mol. The van der Waals surface area contributed by atoms with Gasteiger partial charge in [-0.1, -0.05) is 0 Å². The van der Waals surface area contributed by atoms with Crippen molar-refractivity contribution >= 4 is 77.3 Å². The molecule has 0 saturated carbocycles. The van der Waals surface area contributed by atoms with Gasteiger partial charge in [-0.05, 0) is 0 Å². The minimum absolute atomic E-state index is 0.113. The summed E-state index contributed by atoms with van der Waals surface area (Å²) in [5, 5.41) is 0. The van der Waals surface area contributed by atoms with Gasteiger partial charge in [0.25, 0.3) is 0 Å². The molecular formula is C3H4BrORaRb. The Labute approximate surface area is 120 Å². The molecule has 0 spiro atoms. The van der Waals surface area contributed by atoms with Gasteiger partial charge in [-0.25, -0.2) is 0 Å². The van der Waals surface area contributed by atoms with Crippen LogP contribution in [-0.4, -0.2) is 53.8 Å². The van der Waals surface area contributed by atoms with E-state index in [4.69, 9.17) is 0 Å². The molecular weight excluding hydrogens is 443 g/mol. The van der Waals surface area contributed by atoms with Gasteiger partial charge >= 0.3 is 124 Å². The minimum atomic E-state index is 0.113. The van der Waals surface area contributed by atoms with E-state index in [1.807, 2.05) is 0 Å². The fraction of sp³-hybridized carbons (Fsp3) is 0.667. The summed E-state index contributed by atoms with van der Waals surface area (Å²) in [5.41, 5.74) is 0. The van der Waals surface area contributed by atoms with Gasteiger partial charge in [-0.15, -0.1) is 0 Å². The van der Waals surface area contributed by atoms with Crippen LogP contribution in [0.1, 0.15) is 6.92 Å². The summed E-state index contributed by atoms with van der Waals surface area (Å²) in [6.45, 7) is 1.67. The number of ketones is 1. The normalized spacial score (nSPS) is 18.1. The zero-order valence-electron chi connectivity index (χ0n) is 4.79. The zero-order chi connectivity index (χ0) is 6.08. The van der Waals surface area contributed by atoms with Crippen molar-refractivity contribution in [3.63, 3.8) is 0 Å². The van der Waals surface area contributed by atoms with Gasteiger partial charge in [0.1, 0.15) is 0 Å². The maximum absolute atomic E-state index is 10.5. The molecule has 1 nitrogen and oxygen atoms in total. The molecule has 4 heteroatoms. The molecule has 0 rings (SSSR count). The molecule has 0 N–H and O–H groups in total. The van der Waals surface area contributed by atoms with Gasteiger partial charge in [-0.3, -0.25) is 0 Å². The number of carbonyl (C=O) groups excluding carboxylic acids is 1. The molecule has 1 atom stereocenters. The van der Waals surface area contributed by atoms with Crippen molar-refractivity contribution < 1.29 is 47.6 Å². The van der Waals surface area contributed by atoms with Crippen molar-refractivity contribution in [2.24, 2.45) is 0 Å². The van der Waals surface area contributed by atoms with Crippen LogP contribution < -0.4 is 0 Å². The van der Waals surface area contributed by atoms with E-state index >= 15 is 0 Å². The van der Waals surface area contributed by atoms with Crippen molar-refractivity contribution in [3.8, 4) is 0 Å². The quantitative estimate of drug-likeness (QED) is 0.521. The van der Waals surface area contributed by atoms with E-state index in [9.17, 15) is 4.79 Å². The molecule has 0 aliphatic heterocycles. The average molecular weight is 447 g/mol. The van der Waals surface area contributed by atoms with Gasteiger partial charge < -0.3 is 0 Å². The first-order chi connectivity index (χ1) is 2.94. The van der Waals surface area contributed by atoms with Crippen LogP contribution in [0.5, 0.6) is 0 Å². The number of hydrogen-bond acceptors (Lipinski definition) is 1. The number of alkyl halides is 1. The molecule has 32 valence electrons. The second-order valence-electron chi connectivity index (χ2n) is 2.03. The first-order valence-electron chi connectivity index (χ1n) is 2.14. The summed E-state index contributed by atoms with van der Waals surface area (Å²) >= 11 is 4.24. The van der Waals surface area contributed by atoms with E-state index in [0.29, 0.717) is 104 Å². The molecule has 0 aliphatic carbocycles. The molecule has 0 aromatic rings. The summed E-state index contributed by atoms with van der Waals surface area (Å²) in [6.07, 6.45) is 0.